The lowest BCUT2D eigenvalue weighted by molar-refractivity contribution is -0.0962. The molecule has 7 nitrogen and oxygen atoms in total. The highest BCUT2D eigenvalue weighted by molar-refractivity contribution is 6.74. The van der Waals surface area contributed by atoms with Gasteiger partial charge in [0.25, 0.3) is 0 Å². The van der Waals surface area contributed by atoms with E-state index in [-0.39, 0.29) is 17.5 Å². The van der Waals surface area contributed by atoms with Gasteiger partial charge < -0.3 is 19.6 Å². The van der Waals surface area contributed by atoms with Crippen molar-refractivity contribution < 1.29 is 13.9 Å². The van der Waals surface area contributed by atoms with Crippen LogP contribution in [-0.4, -0.2) is 37.4 Å². The number of hydrogen-bond acceptors (Lipinski definition) is 6. The van der Waals surface area contributed by atoms with Crippen molar-refractivity contribution in [2.24, 2.45) is 0 Å². The maximum absolute atomic E-state index is 11.8. The van der Waals surface area contributed by atoms with Crippen molar-refractivity contribution in [3.05, 3.63) is 22.7 Å². The minimum Gasteiger partial charge on any atom is -0.412 e. The highest BCUT2D eigenvalue weighted by Gasteiger charge is 2.39. The fraction of sp³-hybridized carbons (Fsp3) is 0.714. The average molecular weight is 327 g/mol. The van der Waals surface area contributed by atoms with Gasteiger partial charge in [-0.05, 0) is 24.2 Å². The van der Waals surface area contributed by atoms with E-state index in [1.807, 2.05) is 0 Å². The van der Waals surface area contributed by atoms with E-state index in [4.69, 9.17) is 19.6 Å². The van der Waals surface area contributed by atoms with E-state index in [1.54, 1.807) is 12.3 Å². The van der Waals surface area contributed by atoms with Crippen LogP contribution in [0.4, 0.5) is 5.82 Å². The number of ether oxygens (including phenoxy) is 2. The standard InChI is InChI=1S/C14H25N3O4Si/c1-14(2,3)22(4,5)20-9-12-19-8-11(21-12)17-7-6-10(15)16-13(17)18/h6-7,11-12H,8-9H2,1-5H3,(H2,15,16,18)/t11-,12-/m0/s1. The predicted octanol–water partition coefficient (Wildman–Crippen LogP) is 1.72. The van der Waals surface area contributed by atoms with Crippen LogP contribution in [0.15, 0.2) is 17.1 Å². The molecular weight excluding hydrogens is 302 g/mol. The van der Waals surface area contributed by atoms with Crippen LogP contribution in [-0.2, 0) is 13.9 Å². The number of hydrogen-bond donors (Lipinski definition) is 1. The molecule has 1 saturated heterocycles. The van der Waals surface area contributed by atoms with Gasteiger partial charge in [0, 0.05) is 6.20 Å². The predicted molar refractivity (Wildman–Crippen MR) is 85.9 cm³/mol. The molecule has 0 saturated carbocycles. The summed E-state index contributed by atoms with van der Waals surface area (Å²) < 4.78 is 18.8. The summed E-state index contributed by atoms with van der Waals surface area (Å²) >= 11 is 0. The summed E-state index contributed by atoms with van der Waals surface area (Å²) in [5.41, 5.74) is 5.03. The zero-order valence-corrected chi connectivity index (χ0v) is 14.8. The molecule has 0 radical (unpaired) electrons. The molecule has 0 unspecified atom stereocenters. The van der Waals surface area contributed by atoms with Gasteiger partial charge in [-0.25, -0.2) is 4.79 Å². The van der Waals surface area contributed by atoms with E-state index >= 15 is 0 Å². The molecule has 1 aliphatic heterocycles. The van der Waals surface area contributed by atoms with Crippen LogP contribution in [0.1, 0.15) is 27.0 Å². The molecule has 2 heterocycles. The summed E-state index contributed by atoms with van der Waals surface area (Å²) in [6, 6.07) is 1.56. The maximum atomic E-state index is 11.8. The largest absolute Gasteiger partial charge is 0.412 e. The van der Waals surface area contributed by atoms with Gasteiger partial charge in [-0.2, -0.15) is 4.98 Å². The van der Waals surface area contributed by atoms with Gasteiger partial charge in [-0.1, -0.05) is 20.8 Å². The molecule has 22 heavy (non-hydrogen) atoms. The first-order valence-corrected chi connectivity index (χ1v) is 10.3. The van der Waals surface area contributed by atoms with Crippen LogP contribution in [0.5, 0.6) is 0 Å². The second-order valence-corrected chi connectivity index (χ2v) is 11.8. The normalized spacial score (nSPS) is 23.0. The lowest BCUT2D eigenvalue weighted by Gasteiger charge is -2.36. The van der Waals surface area contributed by atoms with Crippen molar-refractivity contribution >= 4 is 14.1 Å². The van der Waals surface area contributed by atoms with Gasteiger partial charge in [0.15, 0.2) is 20.8 Å². The van der Waals surface area contributed by atoms with Crippen LogP contribution in [0, 0.1) is 0 Å². The number of nitrogens with two attached hydrogens (primary N) is 1. The van der Waals surface area contributed by atoms with Crippen molar-refractivity contribution in [1.82, 2.24) is 9.55 Å². The van der Waals surface area contributed by atoms with Crippen LogP contribution >= 0.6 is 0 Å². The molecule has 1 aromatic heterocycles. The third-order valence-corrected chi connectivity index (χ3v) is 8.78. The Hall–Kier alpha value is -1.22. The summed E-state index contributed by atoms with van der Waals surface area (Å²) in [6.07, 6.45) is 0.604. The Kier molecular flexibility index (Phi) is 4.76. The summed E-state index contributed by atoms with van der Waals surface area (Å²) in [6.45, 7) is 11.5. The second kappa shape index (κ2) is 6.11. The van der Waals surface area contributed by atoms with Gasteiger partial charge in [-0.15, -0.1) is 0 Å². The van der Waals surface area contributed by atoms with E-state index < -0.39 is 26.5 Å². The molecule has 0 aromatic carbocycles. The Labute approximate surface area is 131 Å². The molecular formula is C14H25N3O4Si. The molecule has 2 rings (SSSR count). The average Bonchev–Trinajstić information content (AvgIpc) is 2.83. The quantitative estimate of drug-likeness (QED) is 0.847. The zero-order valence-electron chi connectivity index (χ0n) is 13.8. The minimum absolute atomic E-state index is 0.128. The zero-order chi connectivity index (χ0) is 16.5. The number of nitrogens with zero attached hydrogens (tertiary/aromatic N) is 2. The first-order valence-electron chi connectivity index (χ1n) is 7.36. The molecule has 0 aliphatic carbocycles. The van der Waals surface area contributed by atoms with Crippen molar-refractivity contribution in [3.63, 3.8) is 0 Å². The van der Waals surface area contributed by atoms with Crippen molar-refractivity contribution in [2.45, 2.75) is 51.4 Å². The Balaban J connectivity index is 1.95. The monoisotopic (exact) mass is 327 g/mol. The van der Waals surface area contributed by atoms with Gasteiger partial charge in [0.1, 0.15) is 5.82 Å². The van der Waals surface area contributed by atoms with Crippen LogP contribution < -0.4 is 11.4 Å². The molecule has 8 heteroatoms. The lowest BCUT2D eigenvalue weighted by atomic mass is 10.2. The Morgan fingerprint density at radius 2 is 2.18 bits per heavy atom. The molecule has 1 fully saturated rings. The van der Waals surface area contributed by atoms with Crippen molar-refractivity contribution in [3.8, 4) is 0 Å². The number of aromatic nitrogens is 2. The highest BCUT2D eigenvalue weighted by Crippen LogP contribution is 2.37. The number of anilines is 1. The molecule has 0 amide bonds. The van der Waals surface area contributed by atoms with Crippen LogP contribution in [0.25, 0.3) is 0 Å². The summed E-state index contributed by atoms with van der Waals surface area (Å²) in [4.78, 5) is 15.5. The van der Waals surface area contributed by atoms with Crippen molar-refractivity contribution in [1.29, 1.82) is 0 Å². The third kappa shape index (κ3) is 3.75. The molecule has 1 aliphatic rings. The number of rotatable bonds is 4. The molecule has 2 N–H and O–H groups in total. The van der Waals surface area contributed by atoms with Crippen LogP contribution in [0.2, 0.25) is 18.1 Å². The molecule has 0 bridgehead atoms. The van der Waals surface area contributed by atoms with Gasteiger partial charge in [0.05, 0.1) is 13.2 Å². The maximum Gasteiger partial charge on any atom is 0.351 e. The fourth-order valence-corrected chi connectivity index (χ4v) is 2.80. The Bertz CT molecular complexity index is 582. The van der Waals surface area contributed by atoms with E-state index in [0.717, 1.165) is 0 Å². The summed E-state index contributed by atoms with van der Waals surface area (Å²) in [7, 11) is -1.85. The lowest BCUT2D eigenvalue weighted by Crippen LogP contribution is -2.42. The smallest absolute Gasteiger partial charge is 0.351 e. The molecule has 0 spiro atoms. The van der Waals surface area contributed by atoms with E-state index in [0.29, 0.717) is 6.61 Å². The summed E-state index contributed by atoms with van der Waals surface area (Å²) in [5.74, 6) is 0.193. The topological polar surface area (TPSA) is 88.6 Å². The number of nitrogen functional groups attached to an aromatic ring is 1. The minimum atomic E-state index is -1.85. The SMILES string of the molecule is CC(C)(C)[Si](C)(C)OC[C@H]1OC[C@@H](n2ccc(N)nc2=O)O1. The third-order valence-electron chi connectivity index (χ3n) is 4.28. The Morgan fingerprint density at radius 1 is 1.50 bits per heavy atom. The molecule has 2 atom stereocenters. The van der Waals surface area contributed by atoms with E-state index in [9.17, 15) is 4.79 Å². The first kappa shape index (κ1) is 17.1. The fourth-order valence-electron chi connectivity index (χ4n) is 1.81. The van der Waals surface area contributed by atoms with Gasteiger partial charge in [-0.3, -0.25) is 4.57 Å². The van der Waals surface area contributed by atoms with Gasteiger partial charge >= 0.3 is 5.69 Å². The van der Waals surface area contributed by atoms with Crippen molar-refractivity contribution in [2.75, 3.05) is 18.9 Å². The highest BCUT2D eigenvalue weighted by atomic mass is 28.4. The van der Waals surface area contributed by atoms with E-state index in [2.05, 4.69) is 38.8 Å². The first-order chi connectivity index (χ1) is 10.1. The van der Waals surface area contributed by atoms with E-state index in [1.165, 1.54) is 4.57 Å². The summed E-state index contributed by atoms with van der Waals surface area (Å²) in [5, 5.41) is 0.128. The molecule has 1 aromatic rings. The second-order valence-electron chi connectivity index (χ2n) is 6.97. The van der Waals surface area contributed by atoms with Gasteiger partial charge in [0.2, 0.25) is 0 Å². The Morgan fingerprint density at radius 3 is 2.77 bits per heavy atom. The molecule has 124 valence electrons. The van der Waals surface area contributed by atoms with Crippen LogP contribution in [0.3, 0.4) is 0 Å².